The lowest BCUT2D eigenvalue weighted by Crippen LogP contribution is -2.38. The molecule has 1 heterocycles. The number of carboxylic acids is 1. The van der Waals surface area contributed by atoms with Crippen molar-refractivity contribution in [1.82, 2.24) is 10.2 Å². The summed E-state index contributed by atoms with van der Waals surface area (Å²) in [7, 11) is 0. The number of nitrogens with one attached hydrogen (secondary N) is 2. The molecule has 8 heteroatoms. The predicted octanol–water partition coefficient (Wildman–Crippen LogP) is 5.41. The fourth-order valence-electron chi connectivity index (χ4n) is 4.33. The van der Waals surface area contributed by atoms with Gasteiger partial charge in [-0.2, -0.15) is 0 Å². The number of benzene rings is 3. The quantitative estimate of drug-likeness (QED) is 0.300. The number of carboxylic acid groups (broad SMARTS) is 1. The number of halogens is 1. The van der Waals surface area contributed by atoms with Crippen LogP contribution in [0.2, 0.25) is 5.02 Å². The minimum Gasteiger partial charge on any atom is -0.478 e. The van der Waals surface area contributed by atoms with Gasteiger partial charge in [0.05, 0.1) is 12.1 Å². The first-order valence-corrected chi connectivity index (χ1v) is 12.4. The molecule has 1 saturated heterocycles. The van der Waals surface area contributed by atoms with Gasteiger partial charge < -0.3 is 20.5 Å². The van der Waals surface area contributed by atoms with E-state index < -0.39 is 5.97 Å². The Morgan fingerprint density at radius 2 is 1.64 bits per heavy atom. The summed E-state index contributed by atoms with van der Waals surface area (Å²) in [5.74, 6) is 0.432. The molecule has 36 heavy (non-hydrogen) atoms. The second kappa shape index (κ2) is 12.5. The van der Waals surface area contributed by atoms with Crippen LogP contribution in [0.1, 0.15) is 35.2 Å². The Kier molecular flexibility index (Phi) is 8.95. The van der Waals surface area contributed by atoms with E-state index in [1.54, 1.807) is 36.4 Å². The molecule has 0 spiro atoms. The van der Waals surface area contributed by atoms with Crippen LogP contribution < -0.4 is 15.4 Å². The van der Waals surface area contributed by atoms with Crippen molar-refractivity contribution in [3.63, 3.8) is 0 Å². The van der Waals surface area contributed by atoms with Gasteiger partial charge in [0.2, 0.25) is 5.91 Å². The van der Waals surface area contributed by atoms with Crippen molar-refractivity contribution < 1.29 is 19.4 Å². The number of carbonyl (C=O) groups excluding carboxylic acids is 1. The highest BCUT2D eigenvalue weighted by molar-refractivity contribution is 6.30. The number of likely N-dealkylation sites (tertiary alicyclic amines) is 1. The van der Waals surface area contributed by atoms with Gasteiger partial charge in [-0.3, -0.25) is 9.69 Å². The van der Waals surface area contributed by atoms with Crippen LogP contribution in [0.15, 0.2) is 72.8 Å². The van der Waals surface area contributed by atoms with Gasteiger partial charge in [0.15, 0.2) is 0 Å². The van der Waals surface area contributed by atoms with E-state index in [-0.39, 0.29) is 5.91 Å². The van der Waals surface area contributed by atoms with Crippen LogP contribution in [-0.4, -0.2) is 47.6 Å². The lowest BCUT2D eigenvalue weighted by molar-refractivity contribution is -0.117. The Balaban J connectivity index is 1.18. The average Bonchev–Trinajstić information content (AvgIpc) is 3.31. The van der Waals surface area contributed by atoms with Gasteiger partial charge in [-0.1, -0.05) is 23.7 Å². The van der Waals surface area contributed by atoms with Gasteiger partial charge in [-0.25, -0.2) is 4.79 Å². The Morgan fingerprint density at radius 1 is 0.972 bits per heavy atom. The summed E-state index contributed by atoms with van der Waals surface area (Å²) in [4.78, 5) is 25.9. The van der Waals surface area contributed by atoms with Gasteiger partial charge in [-0.15, -0.1) is 0 Å². The van der Waals surface area contributed by atoms with E-state index in [2.05, 4.69) is 15.5 Å². The SMILES string of the molecule is O=C(CN1CCCC1CCNCc1ccc(C(=O)O)cc1)Nc1ccc(Oc2ccc(Cl)cc2)cc1. The van der Waals surface area contributed by atoms with E-state index in [0.717, 1.165) is 43.6 Å². The topological polar surface area (TPSA) is 90.9 Å². The largest absolute Gasteiger partial charge is 0.478 e. The van der Waals surface area contributed by atoms with Gasteiger partial charge >= 0.3 is 5.97 Å². The molecule has 0 radical (unpaired) electrons. The zero-order valence-corrected chi connectivity index (χ0v) is 20.7. The molecule has 1 fully saturated rings. The summed E-state index contributed by atoms with van der Waals surface area (Å²) in [6.07, 6.45) is 3.13. The molecule has 1 amide bonds. The van der Waals surface area contributed by atoms with Gasteiger partial charge in [0, 0.05) is 23.3 Å². The molecule has 0 aliphatic carbocycles. The summed E-state index contributed by atoms with van der Waals surface area (Å²) in [5.41, 5.74) is 2.07. The second-order valence-electron chi connectivity index (χ2n) is 8.86. The number of rotatable bonds is 11. The third kappa shape index (κ3) is 7.55. The lowest BCUT2D eigenvalue weighted by Gasteiger charge is -2.24. The standard InChI is InChI=1S/C28H30ClN3O4/c29-22-7-11-25(12-8-22)36-26-13-9-23(10-14-26)31-27(33)19-32-17-1-2-24(32)15-16-30-18-20-3-5-21(6-4-20)28(34)35/h3-14,24,30H,1-2,15-19H2,(H,31,33)(H,34,35). The number of hydrogen-bond acceptors (Lipinski definition) is 5. The van der Waals surface area contributed by atoms with Crippen LogP contribution in [0.5, 0.6) is 11.5 Å². The fourth-order valence-corrected chi connectivity index (χ4v) is 4.45. The molecular formula is C28H30ClN3O4. The summed E-state index contributed by atoms with van der Waals surface area (Å²) in [5, 5.41) is 16.0. The van der Waals surface area contributed by atoms with Crippen LogP contribution in [0.4, 0.5) is 5.69 Å². The lowest BCUT2D eigenvalue weighted by atomic mass is 10.1. The molecule has 3 aromatic rings. The van der Waals surface area contributed by atoms with E-state index >= 15 is 0 Å². The molecule has 7 nitrogen and oxygen atoms in total. The summed E-state index contributed by atoms with van der Waals surface area (Å²) in [6.45, 7) is 2.80. The highest BCUT2D eigenvalue weighted by Gasteiger charge is 2.25. The molecule has 1 atom stereocenters. The normalized spacial score (nSPS) is 15.5. The first-order valence-electron chi connectivity index (χ1n) is 12.1. The summed E-state index contributed by atoms with van der Waals surface area (Å²) >= 11 is 5.90. The molecule has 1 aliphatic heterocycles. The van der Waals surface area contributed by atoms with Crippen LogP contribution in [-0.2, 0) is 11.3 Å². The Bertz CT molecular complexity index is 1150. The number of anilines is 1. The fraction of sp³-hybridized carbons (Fsp3) is 0.286. The molecule has 0 aromatic heterocycles. The summed E-state index contributed by atoms with van der Waals surface area (Å²) in [6, 6.07) is 21.7. The van der Waals surface area contributed by atoms with E-state index in [4.69, 9.17) is 21.4 Å². The molecular weight excluding hydrogens is 478 g/mol. The molecule has 3 aromatic carbocycles. The molecule has 3 N–H and O–H groups in total. The van der Waals surface area contributed by atoms with Crippen molar-refractivity contribution in [3.05, 3.63) is 88.9 Å². The molecule has 4 rings (SSSR count). The van der Waals surface area contributed by atoms with Crippen molar-refractivity contribution in [3.8, 4) is 11.5 Å². The number of nitrogens with zero attached hydrogens (tertiary/aromatic N) is 1. The number of aromatic carboxylic acids is 1. The smallest absolute Gasteiger partial charge is 0.335 e. The summed E-state index contributed by atoms with van der Waals surface area (Å²) < 4.78 is 5.80. The number of amides is 1. The van der Waals surface area contributed by atoms with Crippen molar-refractivity contribution in [2.75, 3.05) is 25.0 Å². The minimum atomic E-state index is -0.917. The monoisotopic (exact) mass is 507 g/mol. The highest BCUT2D eigenvalue weighted by atomic mass is 35.5. The predicted molar refractivity (Wildman–Crippen MR) is 141 cm³/mol. The molecule has 0 saturated carbocycles. The van der Waals surface area contributed by atoms with Gasteiger partial charge in [0.25, 0.3) is 0 Å². The molecule has 188 valence electrons. The number of carbonyl (C=O) groups is 2. The molecule has 0 bridgehead atoms. The highest BCUT2D eigenvalue weighted by Crippen LogP contribution is 2.25. The van der Waals surface area contributed by atoms with Crippen LogP contribution in [0.3, 0.4) is 0 Å². The van der Waals surface area contributed by atoms with Crippen LogP contribution in [0.25, 0.3) is 0 Å². The first kappa shape index (κ1) is 25.7. The Hall–Kier alpha value is -3.39. The maximum Gasteiger partial charge on any atom is 0.335 e. The first-order chi connectivity index (χ1) is 17.5. The average molecular weight is 508 g/mol. The number of hydrogen-bond donors (Lipinski definition) is 3. The van der Waals surface area contributed by atoms with Crippen molar-refractivity contribution in [2.24, 2.45) is 0 Å². The van der Waals surface area contributed by atoms with E-state index in [9.17, 15) is 9.59 Å². The van der Waals surface area contributed by atoms with E-state index in [1.807, 2.05) is 36.4 Å². The zero-order valence-electron chi connectivity index (χ0n) is 20.0. The maximum atomic E-state index is 12.7. The Labute approximate surface area is 216 Å². The third-order valence-corrected chi connectivity index (χ3v) is 6.47. The maximum absolute atomic E-state index is 12.7. The van der Waals surface area contributed by atoms with E-state index in [0.29, 0.717) is 41.2 Å². The van der Waals surface area contributed by atoms with Crippen molar-refractivity contribution in [1.29, 1.82) is 0 Å². The van der Waals surface area contributed by atoms with Gasteiger partial charge in [0.1, 0.15) is 11.5 Å². The van der Waals surface area contributed by atoms with Crippen molar-refractivity contribution >= 4 is 29.2 Å². The molecule has 1 unspecified atom stereocenters. The van der Waals surface area contributed by atoms with E-state index in [1.165, 1.54) is 0 Å². The van der Waals surface area contributed by atoms with Crippen LogP contribution >= 0.6 is 11.6 Å². The zero-order chi connectivity index (χ0) is 25.3. The minimum absolute atomic E-state index is 0.0280. The second-order valence-corrected chi connectivity index (χ2v) is 9.30. The Morgan fingerprint density at radius 3 is 2.31 bits per heavy atom. The number of ether oxygens (including phenoxy) is 1. The van der Waals surface area contributed by atoms with Crippen molar-refractivity contribution in [2.45, 2.75) is 31.8 Å². The van der Waals surface area contributed by atoms with Gasteiger partial charge in [-0.05, 0) is 98.6 Å². The van der Waals surface area contributed by atoms with Crippen LogP contribution in [0, 0.1) is 0 Å². The third-order valence-electron chi connectivity index (χ3n) is 6.22. The molecule has 1 aliphatic rings.